The summed E-state index contributed by atoms with van der Waals surface area (Å²) in [4.78, 5) is 7.95. The molecule has 1 aliphatic carbocycles. The molecule has 7 heteroatoms. The van der Waals surface area contributed by atoms with E-state index in [1.54, 1.807) is 0 Å². The van der Waals surface area contributed by atoms with Gasteiger partial charge in [0.15, 0.2) is 0 Å². The summed E-state index contributed by atoms with van der Waals surface area (Å²) >= 11 is 0. The number of hydrogen-bond acceptors (Lipinski definition) is 4. The summed E-state index contributed by atoms with van der Waals surface area (Å²) in [6, 6.07) is 9.90. The summed E-state index contributed by atoms with van der Waals surface area (Å²) in [7, 11) is -1.85. The summed E-state index contributed by atoms with van der Waals surface area (Å²) in [5, 5.41) is 9.56. The molecule has 1 aromatic heterocycles. The zero-order chi connectivity index (χ0) is 24.7. The quantitative estimate of drug-likeness (QED) is 0.494. The molecule has 0 saturated carbocycles. The van der Waals surface area contributed by atoms with E-state index in [1.807, 2.05) is 29.2 Å². The maximum atomic E-state index is 14.1. The summed E-state index contributed by atoms with van der Waals surface area (Å²) in [6.07, 6.45) is 3.10. The van der Waals surface area contributed by atoms with E-state index >= 15 is 0 Å². The maximum Gasteiger partial charge on any atom is 0.249 e. The minimum absolute atomic E-state index is 0.0801. The van der Waals surface area contributed by atoms with Crippen molar-refractivity contribution < 1.29 is 8.78 Å². The molecule has 1 aromatic carbocycles. The molecule has 1 fully saturated rings. The number of fused-ring (bicyclic) bond motifs is 1. The molecule has 184 valence electrons. The third-order valence-electron chi connectivity index (χ3n) is 6.82. The first-order valence-corrected chi connectivity index (χ1v) is 13.9. The monoisotopic (exact) mass is 486 g/mol. The van der Waals surface area contributed by atoms with Gasteiger partial charge in [0, 0.05) is 53.5 Å². The average Bonchev–Trinajstić information content (AvgIpc) is 2.92. The molecule has 1 saturated heterocycles. The number of halogens is 2. The van der Waals surface area contributed by atoms with Crippen LogP contribution in [0.15, 0.2) is 41.8 Å². The number of aromatic nitrogens is 1. The number of anilines is 2. The molecule has 4 nitrogen and oxygen atoms in total. The lowest BCUT2D eigenvalue weighted by atomic mass is 9.75. The van der Waals surface area contributed by atoms with E-state index in [0.717, 1.165) is 46.9 Å². The highest BCUT2D eigenvalue weighted by molar-refractivity contribution is 8.26. The fourth-order valence-electron chi connectivity index (χ4n) is 4.82. The maximum absolute atomic E-state index is 14.1. The predicted octanol–water partition coefficient (Wildman–Crippen LogP) is 6.21. The van der Waals surface area contributed by atoms with Crippen molar-refractivity contribution in [3.05, 3.63) is 53.7 Å². The van der Waals surface area contributed by atoms with Crippen LogP contribution in [0, 0.1) is 5.41 Å². The second-order valence-corrected chi connectivity index (χ2v) is 12.9. The van der Waals surface area contributed by atoms with Crippen molar-refractivity contribution in [3.8, 4) is 0 Å². The highest BCUT2D eigenvalue weighted by Crippen LogP contribution is 2.39. The van der Waals surface area contributed by atoms with Gasteiger partial charge in [-0.25, -0.2) is 13.8 Å². The lowest BCUT2D eigenvalue weighted by Gasteiger charge is -2.33. The summed E-state index contributed by atoms with van der Waals surface area (Å²) in [6.45, 7) is 9.71. The molecule has 0 unspecified atom stereocenters. The molecule has 2 aliphatic rings. The first-order chi connectivity index (χ1) is 15.8. The number of aryl methyl sites for hydroxylation is 1. The fourth-order valence-corrected chi connectivity index (χ4v) is 5.53. The van der Waals surface area contributed by atoms with Crippen LogP contribution < -0.4 is 15.4 Å². The van der Waals surface area contributed by atoms with Gasteiger partial charge in [-0.15, -0.1) is 9.39 Å². The summed E-state index contributed by atoms with van der Waals surface area (Å²) < 4.78 is 28.2. The molecule has 4 rings (SSSR count). The molecule has 0 atom stereocenters. The van der Waals surface area contributed by atoms with Gasteiger partial charge < -0.3 is 10.2 Å². The van der Waals surface area contributed by atoms with Crippen LogP contribution in [-0.2, 0) is 12.8 Å². The molecule has 0 spiro atoms. The second kappa shape index (κ2) is 9.00. The van der Waals surface area contributed by atoms with Crippen LogP contribution in [0.3, 0.4) is 0 Å². The van der Waals surface area contributed by atoms with Crippen molar-refractivity contribution in [3.63, 3.8) is 0 Å². The van der Waals surface area contributed by atoms with Crippen molar-refractivity contribution >= 4 is 38.3 Å². The van der Waals surface area contributed by atoms with Crippen LogP contribution in [0.1, 0.15) is 56.4 Å². The molecule has 34 heavy (non-hydrogen) atoms. The molecule has 0 radical (unpaired) electrons. The number of hydrogen-bond donors (Lipinski definition) is 2. The Labute approximate surface area is 202 Å². The lowest BCUT2D eigenvalue weighted by molar-refractivity contribution is -0.0102. The SMILES string of the molecule is C=C(Nc1cccc(S(=C)(=C)N)c1)c1cc2c(nc1N1CCCC(F)(F)CC1)CCC(C)(C)C2. The van der Waals surface area contributed by atoms with Crippen LogP contribution in [0.5, 0.6) is 0 Å². The van der Waals surface area contributed by atoms with E-state index in [4.69, 9.17) is 10.1 Å². The molecular formula is C27H36F2N4S. The van der Waals surface area contributed by atoms with Crippen molar-refractivity contribution in [2.75, 3.05) is 23.3 Å². The van der Waals surface area contributed by atoms with Gasteiger partial charge in [0.1, 0.15) is 5.82 Å². The van der Waals surface area contributed by atoms with Gasteiger partial charge in [-0.3, -0.25) is 5.14 Å². The molecule has 1 aliphatic heterocycles. The van der Waals surface area contributed by atoms with E-state index in [0.29, 0.717) is 18.7 Å². The topological polar surface area (TPSA) is 54.2 Å². The van der Waals surface area contributed by atoms with Crippen molar-refractivity contribution in [1.82, 2.24) is 4.98 Å². The van der Waals surface area contributed by atoms with Gasteiger partial charge in [0.2, 0.25) is 5.92 Å². The van der Waals surface area contributed by atoms with E-state index in [-0.39, 0.29) is 24.8 Å². The molecule has 3 N–H and O–H groups in total. The zero-order valence-corrected chi connectivity index (χ0v) is 21.1. The zero-order valence-electron chi connectivity index (χ0n) is 20.3. The minimum Gasteiger partial charge on any atom is -0.356 e. The largest absolute Gasteiger partial charge is 0.356 e. The predicted molar refractivity (Wildman–Crippen MR) is 144 cm³/mol. The van der Waals surface area contributed by atoms with E-state index in [1.165, 1.54) is 5.56 Å². The first kappa shape index (κ1) is 24.7. The minimum atomic E-state index is -2.62. The number of nitrogens with zero attached hydrogens (tertiary/aromatic N) is 2. The van der Waals surface area contributed by atoms with Gasteiger partial charge in [-0.2, -0.15) is 0 Å². The molecule has 0 bridgehead atoms. The molecule has 2 heterocycles. The Hall–Kier alpha value is -2.38. The Kier molecular flexibility index (Phi) is 6.55. The van der Waals surface area contributed by atoms with E-state index in [9.17, 15) is 8.78 Å². The van der Waals surface area contributed by atoms with Crippen molar-refractivity contribution in [1.29, 1.82) is 0 Å². The summed E-state index contributed by atoms with van der Waals surface area (Å²) in [5.74, 6) is 6.12. The van der Waals surface area contributed by atoms with Crippen molar-refractivity contribution in [2.45, 2.75) is 63.2 Å². The molecule has 2 aromatic rings. The van der Waals surface area contributed by atoms with Crippen LogP contribution in [0.25, 0.3) is 5.70 Å². The van der Waals surface area contributed by atoms with E-state index in [2.05, 4.69) is 43.6 Å². The highest BCUT2D eigenvalue weighted by Gasteiger charge is 2.34. The Balaban J connectivity index is 1.71. The van der Waals surface area contributed by atoms with Gasteiger partial charge >= 0.3 is 0 Å². The van der Waals surface area contributed by atoms with Crippen molar-refractivity contribution in [2.24, 2.45) is 10.6 Å². The number of benzene rings is 1. The van der Waals surface area contributed by atoms with E-state index < -0.39 is 15.3 Å². The smallest absolute Gasteiger partial charge is 0.249 e. The Morgan fingerprint density at radius 2 is 1.91 bits per heavy atom. The third kappa shape index (κ3) is 5.63. The Morgan fingerprint density at radius 1 is 1.15 bits per heavy atom. The lowest BCUT2D eigenvalue weighted by Crippen LogP contribution is -2.30. The van der Waals surface area contributed by atoms with Gasteiger partial charge in [0.25, 0.3) is 0 Å². The second-order valence-electron chi connectivity index (χ2n) is 10.6. The normalized spacial score (nSPS) is 19.7. The van der Waals surface area contributed by atoms with Gasteiger partial charge in [0.05, 0.1) is 0 Å². The molecular weight excluding hydrogens is 450 g/mol. The standard InChI is InChI=1S/C27H36F2N4S/c1-19(31-21-8-6-9-22(17-21)34(4,5)30)23-16-20-18-26(2,3)12-10-24(20)32-25(23)33-14-7-11-27(28,29)13-15-33/h6,8-9,16-17,31H,1,4-5,7,10-15,18,30H2,2-3H3. The number of pyridine rings is 1. The van der Waals surface area contributed by atoms with Gasteiger partial charge in [-0.1, -0.05) is 38.2 Å². The van der Waals surface area contributed by atoms with Crippen LogP contribution in [0.4, 0.5) is 20.3 Å². The number of nitrogens with two attached hydrogens (primary N) is 1. The van der Waals surface area contributed by atoms with Crippen LogP contribution in [-0.4, -0.2) is 35.7 Å². The van der Waals surface area contributed by atoms with Gasteiger partial charge in [-0.05, 0) is 60.9 Å². The van der Waals surface area contributed by atoms with Crippen LogP contribution in [0.2, 0.25) is 0 Å². The fraction of sp³-hybridized carbons (Fsp3) is 0.444. The number of rotatable bonds is 5. The average molecular weight is 487 g/mol. The van der Waals surface area contributed by atoms with Crippen LogP contribution >= 0.6 is 9.39 Å². The Morgan fingerprint density at radius 3 is 2.65 bits per heavy atom. The first-order valence-electron chi connectivity index (χ1n) is 11.8. The Bertz CT molecular complexity index is 1200. The highest BCUT2D eigenvalue weighted by atomic mass is 32.2. The number of nitrogens with one attached hydrogen (secondary N) is 1. The third-order valence-corrected chi connectivity index (χ3v) is 8.01. The number of alkyl halides is 2. The summed E-state index contributed by atoms with van der Waals surface area (Å²) in [5.41, 5.74) is 4.89. The molecule has 0 amide bonds.